The Morgan fingerprint density at radius 2 is 1.14 bits per heavy atom. The molecule has 0 saturated heterocycles. The van der Waals surface area contributed by atoms with Crippen molar-refractivity contribution in [1.29, 1.82) is 0 Å². The van der Waals surface area contributed by atoms with E-state index in [4.69, 9.17) is 5.73 Å². The maximum absolute atomic E-state index is 14.0. The molecule has 0 amide bonds. The highest BCUT2D eigenvalue weighted by Crippen LogP contribution is 2.40. The Kier molecular flexibility index (Phi) is 2.68. The van der Waals surface area contributed by atoms with E-state index in [1.165, 1.54) is 0 Å². The summed E-state index contributed by atoms with van der Waals surface area (Å²) in [6.45, 7) is 0. The predicted octanol–water partition coefficient (Wildman–Crippen LogP) is 1.87. The average Bonchev–Trinajstić information content (AvgIpc) is 2.48. The van der Waals surface area contributed by atoms with Crippen molar-refractivity contribution >= 4 is 17.3 Å². The summed E-state index contributed by atoms with van der Waals surface area (Å²) in [5.74, 6) is -9.23. The van der Waals surface area contributed by atoms with E-state index in [0.29, 0.717) is 0 Å². The van der Waals surface area contributed by atoms with Crippen molar-refractivity contribution in [3.05, 3.63) is 51.8 Å². The van der Waals surface area contributed by atoms with Gasteiger partial charge < -0.3 is 15.9 Å². The van der Waals surface area contributed by atoms with Gasteiger partial charge >= 0.3 is 0 Å². The van der Waals surface area contributed by atoms with Crippen molar-refractivity contribution in [2.45, 2.75) is 0 Å². The van der Waals surface area contributed by atoms with Crippen LogP contribution in [0.15, 0.2) is 12.1 Å². The van der Waals surface area contributed by atoms with E-state index in [1.807, 2.05) is 0 Å². The third-order valence-electron chi connectivity index (χ3n) is 3.42. The molecule has 0 heterocycles. The summed E-state index contributed by atoms with van der Waals surface area (Å²) >= 11 is 0. The van der Waals surface area contributed by atoms with Crippen LogP contribution in [0.5, 0.6) is 11.5 Å². The second-order valence-electron chi connectivity index (χ2n) is 4.62. The molecule has 0 saturated carbocycles. The highest BCUT2D eigenvalue weighted by atomic mass is 19.2. The van der Waals surface area contributed by atoms with Crippen molar-refractivity contribution in [2.24, 2.45) is 0 Å². The standard InChI is InChI=1S/C14H6F3NO4/c15-9-7-8(10(16)12(18)11(9)17)14(22)6-4(20)2-1-3(19)5(6)13(7)21/h1-2,19-20H,18H2. The van der Waals surface area contributed by atoms with Gasteiger partial charge in [0.25, 0.3) is 0 Å². The number of hydrogen-bond acceptors (Lipinski definition) is 5. The first-order valence-corrected chi connectivity index (χ1v) is 5.87. The molecule has 3 rings (SSSR count). The summed E-state index contributed by atoms with van der Waals surface area (Å²) in [6.07, 6.45) is 0. The van der Waals surface area contributed by atoms with Gasteiger partial charge in [-0.25, -0.2) is 13.2 Å². The normalized spacial score (nSPS) is 13.0. The van der Waals surface area contributed by atoms with E-state index in [9.17, 15) is 33.0 Å². The maximum Gasteiger partial charge on any atom is 0.201 e. The van der Waals surface area contributed by atoms with Gasteiger partial charge in [-0.05, 0) is 12.1 Å². The molecule has 22 heavy (non-hydrogen) atoms. The molecule has 2 aromatic carbocycles. The zero-order chi connectivity index (χ0) is 16.3. The zero-order valence-electron chi connectivity index (χ0n) is 10.6. The van der Waals surface area contributed by atoms with Crippen LogP contribution in [-0.4, -0.2) is 21.8 Å². The number of benzene rings is 2. The van der Waals surface area contributed by atoms with Gasteiger partial charge in [0.1, 0.15) is 17.2 Å². The van der Waals surface area contributed by atoms with E-state index < -0.39 is 68.5 Å². The largest absolute Gasteiger partial charge is 0.507 e. The minimum absolute atomic E-state index is 0.693. The number of anilines is 1. The summed E-state index contributed by atoms with van der Waals surface area (Å²) in [5.41, 5.74) is 0.134. The zero-order valence-corrected chi connectivity index (χ0v) is 10.6. The van der Waals surface area contributed by atoms with Crippen molar-refractivity contribution in [3.63, 3.8) is 0 Å². The molecule has 5 nitrogen and oxygen atoms in total. The molecule has 0 radical (unpaired) electrons. The van der Waals surface area contributed by atoms with Crippen LogP contribution in [-0.2, 0) is 0 Å². The number of rotatable bonds is 0. The molecule has 0 bridgehead atoms. The third-order valence-corrected chi connectivity index (χ3v) is 3.42. The van der Waals surface area contributed by atoms with Gasteiger partial charge in [-0.2, -0.15) is 0 Å². The van der Waals surface area contributed by atoms with Gasteiger partial charge in [0.2, 0.25) is 11.6 Å². The van der Waals surface area contributed by atoms with Crippen LogP contribution in [0.4, 0.5) is 18.9 Å². The minimum atomic E-state index is -1.81. The number of nitrogens with two attached hydrogens (primary N) is 1. The Morgan fingerprint density at radius 3 is 1.59 bits per heavy atom. The molecule has 0 aliphatic heterocycles. The van der Waals surface area contributed by atoms with Crippen molar-refractivity contribution in [1.82, 2.24) is 0 Å². The van der Waals surface area contributed by atoms with E-state index in [-0.39, 0.29) is 0 Å². The molecule has 0 unspecified atom stereocenters. The van der Waals surface area contributed by atoms with Crippen LogP contribution < -0.4 is 5.73 Å². The molecule has 0 fully saturated rings. The fourth-order valence-corrected chi connectivity index (χ4v) is 2.40. The highest BCUT2D eigenvalue weighted by molar-refractivity contribution is 6.30. The lowest BCUT2D eigenvalue weighted by atomic mass is 9.82. The summed E-state index contributed by atoms with van der Waals surface area (Å²) in [4.78, 5) is 24.5. The van der Waals surface area contributed by atoms with E-state index in [2.05, 4.69) is 0 Å². The van der Waals surface area contributed by atoms with Gasteiger partial charge in [-0.15, -0.1) is 0 Å². The van der Waals surface area contributed by atoms with Crippen LogP contribution in [0.3, 0.4) is 0 Å². The topological polar surface area (TPSA) is 101 Å². The Morgan fingerprint density at radius 1 is 0.727 bits per heavy atom. The number of carbonyl (C=O) groups excluding carboxylic acids is 2. The SMILES string of the molecule is Nc1c(F)c(F)c2c(c1F)C(=O)c1c(O)ccc(O)c1C2=O. The lowest BCUT2D eigenvalue weighted by Gasteiger charge is -2.21. The predicted molar refractivity (Wildman–Crippen MR) is 67.4 cm³/mol. The first kappa shape index (κ1) is 13.9. The number of fused-ring (bicyclic) bond motifs is 2. The summed E-state index contributed by atoms with van der Waals surface area (Å²) in [7, 11) is 0. The van der Waals surface area contributed by atoms with Crippen molar-refractivity contribution in [2.75, 3.05) is 5.73 Å². The molecular formula is C14H6F3NO4. The van der Waals surface area contributed by atoms with Gasteiger partial charge in [0.15, 0.2) is 17.5 Å². The number of hydrogen-bond donors (Lipinski definition) is 3. The van der Waals surface area contributed by atoms with Crippen LogP contribution in [0.25, 0.3) is 0 Å². The Hall–Kier alpha value is -3.03. The molecule has 1 aliphatic rings. The van der Waals surface area contributed by atoms with Crippen LogP contribution in [0.1, 0.15) is 31.8 Å². The second kappa shape index (κ2) is 4.23. The van der Waals surface area contributed by atoms with Crippen LogP contribution in [0.2, 0.25) is 0 Å². The van der Waals surface area contributed by atoms with Crippen LogP contribution in [0, 0.1) is 17.5 Å². The number of phenolic OH excluding ortho intramolecular Hbond substituents is 2. The molecule has 1 aliphatic carbocycles. The molecule has 0 aromatic heterocycles. The fourth-order valence-electron chi connectivity index (χ4n) is 2.40. The number of aromatic hydroxyl groups is 2. The molecule has 112 valence electrons. The van der Waals surface area contributed by atoms with E-state index in [1.54, 1.807) is 0 Å². The first-order valence-electron chi connectivity index (χ1n) is 5.87. The summed E-state index contributed by atoms with van der Waals surface area (Å²) in [6, 6.07) is 1.80. The number of ketones is 2. The average molecular weight is 309 g/mol. The van der Waals surface area contributed by atoms with Crippen molar-refractivity contribution in [3.8, 4) is 11.5 Å². The van der Waals surface area contributed by atoms with Gasteiger partial charge in [0, 0.05) is 0 Å². The molecule has 2 aromatic rings. The Labute approximate surface area is 120 Å². The molecule has 0 spiro atoms. The maximum atomic E-state index is 14.0. The van der Waals surface area contributed by atoms with Gasteiger partial charge in [-0.3, -0.25) is 9.59 Å². The Balaban J connectivity index is 2.50. The summed E-state index contributed by atoms with van der Waals surface area (Å²) in [5, 5.41) is 19.3. The Bertz CT molecular complexity index is 821. The number of carbonyl (C=O) groups is 2. The molecule has 4 N–H and O–H groups in total. The minimum Gasteiger partial charge on any atom is -0.507 e. The second-order valence-corrected chi connectivity index (χ2v) is 4.62. The van der Waals surface area contributed by atoms with E-state index in [0.717, 1.165) is 12.1 Å². The number of phenols is 2. The van der Waals surface area contributed by atoms with E-state index >= 15 is 0 Å². The highest BCUT2D eigenvalue weighted by Gasteiger charge is 2.40. The monoisotopic (exact) mass is 309 g/mol. The molecule has 8 heteroatoms. The fraction of sp³-hybridized carbons (Fsp3) is 0. The lowest BCUT2D eigenvalue weighted by Crippen LogP contribution is -2.26. The smallest absolute Gasteiger partial charge is 0.201 e. The van der Waals surface area contributed by atoms with Crippen molar-refractivity contribution < 1.29 is 33.0 Å². The number of halogens is 3. The first-order chi connectivity index (χ1) is 10.3. The quantitative estimate of drug-likeness (QED) is 0.334. The van der Waals surface area contributed by atoms with Gasteiger partial charge in [-0.1, -0.05) is 0 Å². The lowest BCUT2D eigenvalue weighted by molar-refractivity contribution is 0.0966. The summed E-state index contributed by atoms with van der Waals surface area (Å²) < 4.78 is 41.5. The van der Waals surface area contributed by atoms with Gasteiger partial charge in [0.05, 0.1) is 22.3 Å². The molecule has 0 atom stereocenters. The van der Waals surface area contributed by atoms with Crippen LogP contribution >= 0.6 is 0 Å². The third kappa shape index (κ3) is 1.49. The number of nitrogen functional groups attached to an aromatic ring is 1. The molecular weight excluding hydrogens is 303 g/mol.